The zero-order valence-corrected chi connectivity index (χ0v) is 11.7. The van der Waals surface area contributed by atoms with Gasteiger partial charge < -0.3 is 5.73 Å². The van der Waals surface area contributed by atoms with Gasteiger partial charge in [0.1, 0.15) is 6.61 Å². The first kappa shape index (κ1) is 15.0. The number of likely N-dealkylation sites (tertiary alicyclic amines) is 1. The van der Waals surface area contributed by atoms with Crippen molar-refractivity contribution in [1.82, 2.24) is 4.90 Å². The van der Waals surface area contributed by atoms with Crippen molar-refractivity contribution in [1.29, 1.82) is 0 Å². The maximum Gasteiger partial charge on any atom is 0.694 e. The Morgan fingerprint density at radius 2 is 1.94 bits per heavy atom. The van der Waals surface area contributed by atoms with Gasteiger partial charge in [0.15, 0.2) is 0 Å². The van der Waals surface area contributed by atoms with Crippen LogP contribution >= 0.6 is 8.25 Å². The Balaban J connectivity index is 2.65. The molecular formula is C11H24N2O3P+. The molecule has 0 aromatic carbocycles. The monoisotopic (exact) mass is 263 g/mol. The molecule has 5 nitrogen and oxygen atoms in total. The summed E-state index contributed by atoms with van der Waals surface area (Å²) in [6.45, 7) is 6.43. The SMILES string of the molecule is CCC(CC)(CO[P+](=O)O)N1CCC(N)CC1. The van der Waals surface area contributed by atoms with Crippen molar-refractivity contribution in [2.75, 3.05) is 19.7 Å². The van der Waals surface area contributed by atoms with E-state index in [1.54, 1.807) is 0 Å². The van der Waals surface area contributed by atoms with E-state index >= 15 is 0 Å². The van der Waals surface area contributed by atoms with Crippen LogP contribution in [0.3, 0.4) is 0 Å². The third-order valence-electron chi connectivity index (χ3n) is 3.97. The molecule has 0 radical (unpaired) electrons. The summed E-state index contributed by atoms with van der Waals surface area (Å²) < 4.78 is 15.7. The number of hydrogen-bond acceptors (Lipinski definition) is 4. The molecule has 1 heterocycles. The summed E-state index contributed by atoms with van der Waals surface area (Å²) in [5.74, 6) is 0. The lowest BCUT2D eigenvalue weighted by atomic mass is 9.89. The molecule has 0 bridgehead atoms. The number of piperidine rings is 1. The normalized spacial score (nSPS) is 20.6. The van der Waals surface area contributed by atoms with Crippen LogP contribution in [-0.2, 0) is 9.09 Å². The molecule has 1 atom stereocenters. The van der Waals surface area contributed by atoms with E-state index in [1.807, 2.05) is 0 Å². The zero-order valence-electron chi connectivity index (χ0n) is 10.8. The van der Waals surface area contributed by atoms with Crippen LogP contribution in [-0.4, -0.2) is 41.1 Å². The second-order valence-electron chi connectivity index (χ2n) is 4.77. The number of nitrogens with two attached hydrogens (primary N) is 1. The lowest BCUT2D eigenvalue weighted by molar-refractivity contribution is 0.0138. The van der Waals surface area contributed by atoms with Crippen LogP contribution in [0.25, 0.3) is 0 Å². The summed E-state index contributed by atoms with van der Waals surface area (Å²) in [4.78, 5) is 11.2. The molecule has 0 aliphatic carbocycles. The largest absolute Gasteiger partial charge is 0.694 e. The zero-order chi connectivity index (χ0) is 12.9. The van der Waals surface area contributed by atoms with E-state index in [-0.39, 0.29) is 5.54 Å². The van der Waals surface area contributed by atoms with Gasteiger partial charge >= 0.3 is 8.25 Å². The fraction of sp³-hybridized carbons (Fsp3) is 1.00. The summed E-state index contributed by atoms with van der Waals surface area (Å²) in [7, 11) is -2.51. The van der Waals surface area contributed by atoms with Crippen molar-refractivity contribution >= 4 is 8.25 Å². The summed E-state index contributed by atoms with van der Waals surface area (Å²) in [6, 6.07) is 0.299. The molecule has 6 heteroatoms. The molecule has 1 fully saturated rings. The van der Waals surface area contributed by atoms with Gasteiger partial charge in [0.2, 0.25) is 0 Å². The standard InChI is InChI=1S/C11H23N2O3P/c1-3-11(4-2,9-16-17(14)15)13-7-5-10(12)6-8-13/h10H,3-9,12H2,1-2H3/p+1. The fourth-order valence-corrected chi connectivity index (χ4v) is 2.89. The van der Waals surface area contributed by atoms with Gasteiger partial charge in [0.05, 0.1) is 0 Å². The van der Waals surface area contributed by atoms with Gasteiger partial charge in [-0.1, -0.05) is 13.8 Å². The highest BCUT2D eigenvalue weighted by atomic mass is 31.1. The number of hydrogen-bond donors (Lipinski definition) is 2. The highest BCUT2D eigenvalue weighted by molar-refractivity contribution is 7.32. The van der Waals surface area contributed by atoms with Gasteiger partial charge in [-0.15, -0.1) is 9.42 Å². The molecule has 0 saturated carbocycles. The summed E-state index contributed by atoms with van der Waals surface area (Å²) in [5.41, 5.74) is 5.78. The van der Waals surface area contributed by atoms with Crippen molar-refractivity contribution in [3.8, 4) is 0 Å². The Bertz CT molecular complexity index is 251. The van der Waals surface area contributed by atoms with E-state index in [1.165, 1.54) is 0 Å². The molecule has 1 aliphatic heterocycles. The van der Waals surface area contributed by atoms with E-state index in [2.05, 4.69) is 18.7 Å². The molecule has 17 heavy (non-hydrogen) atoms. The van der Waals surface area contributed by atoms with Crippen molar-refractivity contribution in [3.63, 3.8) is 0 Å². The molecule has 1 rings (SSSR count). The quantitative estimate of drug-likeness (QED) is 0.712. The average molecular weight is 263 g/mol. The predicted molar refractivity (Wildman–Crippen MR) is 67.9 cm³/mol. The molecule has 0 aromatic heterocycles. The van der Waals surface area contributed by atoms with Crippen LogP contribution in [0.4, 0.5) is 0 Å². The summed E-state index contributed by atoms with van der Waals surface area (Å²) in [6.07, 6.45) is 3.82. The Morgan fingerprint density at radius 3 is 2.35 bits per heavy atom. The predicted octanol–water partition coefficient (Wildman–Crippen LogP) is 1.63. The molecule has 1 unspecified atom stereocenters. The minimum absolute atomic E-state index is 0.117. The van der Waals surface area contributed by atoms with E-state index in [9.17, 15) is 4.57 Å². The fourth-order valence-electron chi connectivity index (χ4n) is 2.54. The first-order chi connectivity index (χ1) is 8.04. The van der Waals surface area contributed by atoms with Gasteiger partial charge in [-0.3, -0.25) is 4.90 Å². The summed E-state index contributed by atoms with van der Waals surface area (Å²) in [5, 5.41) is 0. The molecular weight excluding hydrogens is 239 g/mol. The van der Waals surface area contributed by atoms with E-state index in [4.69, 9.17) is 15.2 Å². The maximum absolute atomic E-state index is 10.7. The first-order valence-corrected chi connectivity index (χ1v) is 7.46. The lowest BCUT2D eigenvalue weighted by Gasteiger charge is -2.44. The van der Waals surface area contributed by atoms with Crippen LogP contribution in [0.1, 0.15) is 39.5 Å². The minimum Gasteiger partial charge on any atom is -0.328 e. The number of nitrogens with zero attached hydrogens (tertiary/aromatic N) is 1. The van der Waals surface area contributed by atoms with Crippen LogP contribution in [0, 0.1) is 0 Å². The Labute approximate surface area is 104 Å². The number of rotatable bonds is 6. The minimum atomic E-state index is -2.51. The summed E-state index contributed by atoms with van der Waals surface area (Å²) >= 11 is 0. The van der Waals surface area contributed by atoms with Gasteiger partial charge in [0.25, 0.3) is 0 Å². The lowest BCUT2D eigenvalue weighted by Crippen LogP contribution is -2.55. The third-order valence-corrected chi connectivity index (χ3v) is 4.32. The molecule has 0 spiro atoms. The molecule has 1 aliphatic rings. The van der Waals surface area contributed by atoms with Crippen LogP contribution in [0.2, 0.25) is 0 Å². The van der Waals surface area contributed by atoms with Crippen molar-refractivity contribution < 1.29 is 14.0 Å². The van der Waals surface area contributed by atoms with Crippen molar-refractivity contribution in [2.45, 2.75) is 51.1 Å². The smallest absolute Gasteiger partial charge is 0.328 e. The Morgan fingerprint density at radius 1 is 1.41 bits per heavy atom. The highest BCUT2D eigenvalue weighted by Crippen LogP contribution is 2.30. The first-order valence-electron chi connectivity index (χ1n) is 6.33. The molecule has 0 amide bonds. The average Bonchev–Trinajstić information content (AvgIpc) is 2.32. The Hall–Kier alpha value is -0.0600. The molecule has 3 N–H and O–H groups in total. The van der Waals surface area contributed by atoms with E-state index < -0.39 is 8.25 Å². The van der Waals surface area contributed by atoms with E-state index in [0.29, 0.717) is 12.6 Å². The molecule has 100 valence electrons. The second-order valence-corrected chi connectivity index (χ2v) is 5.50. The van der Waals surface area contributed by atoms with Gasteiger partial charge in [-0.2, -0.15) is 0 Å². The molecule has 0 aromatic rings. The van der Waals surface area contributed by atoms with Crippen LogP contribution < -0.4 is 5.73 Å². The van der Waals surface area contributed by atoms with Gasteiger partial charge in [-0.05, 0) is 25.7 Å². The van der Waals surface area contributed by atoms with Crippen molar-refractivity contribution in [2.24, 2.45) is 5.73 Å². The highest BCUT2D eigenvalue weighted by Gasteiger charge is 2.38. The van der Waals surface area contributed by atoms with Crippen LogP contribution in [0.15, 0.2) is 0 Å². The Kier molecular flexibility index (Phi) is 5.97. The van der Waals surface area contributed by atoms with E-state index in [0.717, 1.165) is 38.8 Å². The second kappa shape index (κ2) is 6.76. The maximum atomic E-state index is 10.7. The topological polar surface area (TPSA) is 75.8 Å². The molecule has 1 saturated heterocycles. The van der Waals surface area contributed by atoms with Gasteiger partial charge in [0, 0.05) is 29.2 Å². The van der Waals surface area contributed by atoms with Crippen molar-refractivity contribution in [3.05, 3.63) is 0 Å². The van der Waals surface area contributed by atoms with Gasteiger partial charge in [-0.25, -0.2) is 0 Å². The third kappa shape index (κ3) is 3.97. The van der Waals surface area contributed by atoms with Crippen LogP contribution in [0.5, 0.6) is 0 Å².